The molecule has 0 bridgehead atoms. The van der Waals surface area contributed by atoms with Crippen molar-refractivity contribution in [3.8, 4) is 0 Å². The van der Waals surface area contributed by atoms with Gasteiger partial charge in [-0.15, -0.1) is 11.3 Å². The minimum Gasteiger partial charge on any atom is -0.466 e. The van der Waals surface area contributed by atoms with Crippen molar-refractivity contribution in [1.82, 2.24) is 5.32 Å². The maximum atomic E-state index is 12.5. The molecule has 0 spiro atoms. The van der Waals surface area contributed by atoms with Crippen LogP contribution in [0.3, 0.4) is 0 Å². The van der Waals surface area contributed by atoms with E-state index in [1.165, 1.54) is 25.6 Å². The third-order valence-corrected chi connectivity index (χ3v) is 6.75. The monoisotopic (exact) mass is 435 g/mol. The SMILES string of the molecule is COC(=O)C1=C(C)NC(C)=C(C(=O)OC)C1c1sc2ccccc2c1Br. The van der Waals surface area contributed by atoms with Crippen LogP contribution in [-0.4, -0.2) is 26.2 Å². The lowest BCUT2D eigenvalue weighted by atomic mass is 9.84. The third-order valence-electron chi connectivity index (χ3n) is 4.39. The zero-order chi connectivity index (χ0) is 19.0. The van der Waals surface area contributed by atoms with Crippen molar-refractivity contribution >= 4 is 49.3 Å². The number of carbonyl (C=O) groups is 2. The van der Waals surface area contributed by atoms with Gasteiger partial charge in [-0.25, -0.2) is 9.59 Å². The molecule has 0 fully saturated rings. The lowest BCUT2D eigenvalue weighted by molar-refractivity contribution is -0.137. The number of hydrogen-bond donors (Lipinski definition) is 1. The van der Waals surface area contributed by atoms with E-state index < -0.39 is 17.9 Å². The number of dihydropyridines is 1. The Kier molecular flexibility index (Phi) is 5.20. The fourth-order valence-electron chi connectivity index (χ4n) is 3.24. The smallest absolute Gasteiger partial charge is 0.336 e. The topological polar surface area (TPSA) is 64.6 Å². The molecular formula is C19H18BrNO4S. The second-order valence-corrected chi connectivity index (χ2v) is 7.77. The lowest BCUT2D eigenvalue weighted by Crippen LogP contribution is -2.31. The van der Waals surface area contributed by atoms with Gasteiger partial charge in [-0.1, -0.05) is 18.2 Å². The normalized spacial score (nSPS) is 15.3. The summed E-state index contributed by atoms with van der Waals surface area (Å²) >= 11 is 5.20. The summed E-state index contributed by atoms with van der Waals surface area (Å²) in [5.41, 5.74) is 2.14. The first-order chi connectivity index (χ1) is 12.4. The zero-order valence-electron chi connectivity index (χ0n) is 14.8. The second-order valence-electron chi connectivity index (χ2n) is 5.89. The van der Waals surface area contributed by atoms with E-state index in [0.717, 1.165) is 19.4 Å². The number of ether oxygens (including phenoxy) is 2. The van der Waals surface area contributed by atoms with E-state index in [0.29, 0.717) is 22.5 Å². The van der Waals surface area contributed by atoms with E-state index >= 15 is 0 Å². The summed E-state index contributed by atoms with van der Waals surface area (Å²) in [7, 11) is 2.67. The number of esters is 2. The van der Waals surface area contributed by atoms with Gasteiger partial charge in [-0.05, 0) is 35.8 Å². The molecule has 1 aliphatic rings. The molecule has 1 aliphatic heterocycles. The number of methoxy groups -OCH3 is 2. The Bertz CT molecular complexity index is 935. The number of carbonyl (C=O) groups excluding carboxylic acids is 2. The van der Waals surface area contributed by atoms with Crippen LogP contribution in [0.15, 0.2) is 51.3 Å². The van der Waals surface area contributed by atoms with Gasteiger partial charge >= 0.3 is 11.9 Å². The number of allylic oxidation sites excluding steroid dienone is 2. The van der Waals surface area contributed by atoms with Gasteiger partial charge in [0, 0.05) is 30.8 Å². The molecule has 1 N–H and O–H groups in total. The molecule has 5 nitrogen and oxygen atoms in total. The van der Waals surface area contributed by atoms with Crippen LogP contribution in [0.1, 0.15) is 24.6 Å². The zero-order valence-corrected chi connectivity index (χ0v) is 17.2. The van der Waals surface area contributed by atoms with Crippen LogP contribution < -0.4 is 5.32 Å². The van der Waals surface area contributed by atoms with Crippen molar-refractivity contribution in [3.63, 3.8) is 0 Å². The summed E-state index contributed by atoms with van der Waals surface area (Å²) in [4.78, 5) is 26.0. The van der Waals surface area contributed by atoms with Crippen LogP contribution in [0.25, 0.3) is 10.1 Å². The van der Waals surface area contributed by atoms with Crippen molar-refractivity contribution in [2.75, 3.05) is 14.2 Å². The highest BCUT2D eigenvalue weighted by Crippen LogP contribution is 2.47. The van der Waals surface area contributed by atoms with E-state index in [1.807, 2.05) is 24.3 Å². The summed E-state index contributed by atoms with van der Waals surface area (Å²) < 4.78 is 11.9. The van der Waals surface area contributed by atoms with Crippen LogP contribution >= 0.6 is 27.3 Å². The Labute approximate surface area is 163 Å². The van der Waals surface area contributed by atoms with Gasteiger partial charge in [0.2, 0.25) is 0 Å². The number of thiophene rings is 1. The standard InChI is InChI=1S/C19H18BrNO4S/c1-9-13(18(22)24-3)15(14(10(2)21-9)19(23)25-4)17-16(20)11-7-5-6-8-12(11)26-17/h5-8,15,21H,1-4H3. The Morgan fingerprint density at radius 2 is 1.58 bits per heavy atom. The third kappa shape index (κ3) is 2.95. The Morgan fingerprint density at radius 3 is 2.08 bits per heavy atom. The first kappa shape index (κ1) is 18.7. The first-order valence-electron chi connectivity index (χ1n) is 7.92. The van der Waals surface area contributed by atoms with Crippen molar-refractivity contribution in [1.29, 1.82) is 0 Å². The summed E-state index contributed by atoms with van der Waals surface area (Å²) in [6, 6.07) is 7.93. The number of rotatable bonds is 3. The van der Waals surface area contributed by atoms with E-state index in [4.69, 9.17) is 9.47 Å². The maximum absolute atomic E-state index is 12.5. The highest BCUT2D eigenvalue weighted by atomic mass is 79.9. The molecule has 136 valence electrons. The fourth-order valence-corrected chi connectivity index (χ4v) is 5.40. The van der Waals surface area contributed by atoms with Crippen LogP contribution in [0.2, 0.25) is 0 Å². The summed E-state index contributed by atoms with van der Waals surface area (Å²) in [6.07, 6.45) is 0. The van der Waals surface area contributed by atoms with E-state index in [-0.39, 0.29) is 0 Å². The summed E-state index contributed by atoms with van der Waals surface area (Å²) in [5.74, 6) is -1.51. The van der Waals surface area contributed by atoms with Crippen LogP contribution in [0, 0.1) is 0 Å². The van der Waals surface area contributed by atoms with Crippen LogP contribution in [-0.2, 0) is 19.1 Å². The molecule has 0 aliphatic carbocycles. The molecule has 0 radical (unpaired) electrons. The number of fused-ring (bicyclic) bond motifs is 1. The van der Waals surface area contributed by atoms with Crippen LogP contribution in [0.5, 0.6) is 0 Å². The molecule has 0 saturated heterocycles. The predicted octanol–water partition coefficient (Wildman–Crippen LogP) is 4.24. The highest BCUT2D eigenvalue weighted by molar-refractivity contribution is 9.10. The molecule has 26 heavy (non-hydrogen) atoms. The van der Waals surface area contributed by atoms with Crippen molar-refractivity contribution < 1.29 is 19.1 Å². The number of hydrogen-bond acceptors (Lipinski definition) is 6. The summed E-state index contributed by atoms with van der Waals surface area (Å²) in [5, 5.41) is 4.15. The highest BCUT2D eigenvalue weighted by Gasteiger charge is 2.39. The number of benzene rings is 1. The van der Waals surface area contributed by atoms with Gasteiger partial charge in [0.05, 0.1) is 31.3 Å². The number of nitrogens with one attached hydrogen (secondary N) is 1. The van der Waals surface area contributed by atoms with Gasteiger partial charge in [-0.2, -0.15) is 0 Å². The lowest BCUT2D eigenvalue weighted by Gasteiger charge is -2.29. The van der Waals surface area contributed by atoms with Crippen molar-refractivity contribution in [3.05, 3.63) is 56.2 Å². The minimum atomic E-state index is -0.567. The largest absolute Gasteiger partial charge is 0.466 e. The Hall–Kier alpha value is -2.12. The average molecular weight is 436 g/mol. The number of halogens is 1. The van der Waals surface area contributed by atoms with Gasteiger partial charge in [0.1, 0.15) is 0 Å². The fraction of sp³-hybridized carbons (Fsp3) is 0.263. The van der Waals surface area contributed by atoms with Crippen molar-refractivity contribution in [2.45, 2.75) is 19.8 Å². The molecule has 2 aromatic rings. The van der Waals surface area contributed by atoms with E-state index in [1.54, 1.807) is 13.8 Å². The van der Waals surface area contributed by atoms with E-state index in [2.05, 4.69) is 21.2 Å². The van der Waals surface area contributed by atoms with Crippen LogP contribution in [0.4, 0.5) is 0 Å². The molecule has 3 rings (SSSR count). The maximum Gasteiger partial charge on any atom is 0.336 e. The molecule has 0 saturated carbocycles. The molecule has 1 aromatic carbocycles. The second kappa shape index (κ2) is 7.25. The molecule has 0 unspecified atom stereocenters. The minimum absolute atomic E-state index is 0.408. The van der Waals surface area contributed by atoms with Gasteiger partial charge < -0.3 is 14.8 Å². The van der Waals surface area contributed by atoms with Gasteiger partial charge in [-0.3, -0.25) is 0 Å². The quantitative estimate of drug-likeness (QED) is 0.730. The molecule has 0 amide bonds. The summed E-state index contributed by atoms with van der Waals surface area (Å²) in [6.45, 7) is 3.61. The molecular weight excluding hydrogens is 418 g/mol. The predicted molar refractivity (Wildman–Crippen MR) is 105 cm³/mol. The molecule has 7 heteroatoms. The van der Waals surface area contributed by atoms with E-state index in [9.17, 15) is 9.59 Å². The van der Waals surface area contributed by atoms with Crippen molar-refractivity contribution in [2.24, 2.45) is 0 Å². The Balaban J connectivity index is 2.31. The first-order valence-corrected chi connectivity index (χ1v) is 9.53. The molecule has 0 atom stereocenters. The average Bonchev–Trinajstić information content (AvgIpc) is 2.96. The molecule has 1 aromatic heterocycles. The molecule has 2 heterocycles. The van der Waals surface area contributed by atoms with Gasteiger partial charge in [0.25, 0.3) is 0 Å². The Morgan fingerprint density at radius 1 is 1.04 bits per heavy atom. The van der Waals surface area contributed by atoms with Gasteiger partial charge in [0.15, 0.2) is 0 Å².